The Kier molecular flexibility index (Phi) is 5.26. The van der Waals surface area contributed by atoms with Gasteiger partial charge in [0, 0.05) is 11.5 Å². The van der Waals surface area contributed by atoms with Gasteiger partial charge in [0.1, 0.15) is 6.54 Å². The molecule has 0 bridgehead atoms. The van der Waals surface area contributed by atoms with Crippen molar-refractivity contribution in [3.05, 3.63) is 28.2 Å². The summed E-state index contributed by atoms with van der Waals surface area (Å²) in [6, 6.07) is 3.80. The van der Waals surface area contributed by atoms with Gasteiger partial charge in [-0.05, 0) is 34.1 Å². The van der Waals surface area contributed by atoms with Crippen LogP contribution in [0.25, 0.3) is 0 Å². The molecule has 0 fully saturated rings. The number of hydrogen-bond acceptors (Lipinski definition) is 5. The van der Waals surface area contributed by atoms with E-state index in [4.69, 9.17) is 5.11 Å². The molecule has 0 aromatic heterocycles. The van der Waals surface area contributed by atoms with Crippen LogP contribution in [0.5, 0.6) is 0 Å². The van der Waals surface area contributed by atoms with Gasteiger partial charge in [-0.1, -0.05) is 0 Å². The zero-order valence-corrected chi connectivity index (χ0v) is 13.1. The highest BCUT2D eigenvalue weighted by Crippen LogP contribution is 2.25. The molecular weight excluding hydrogens is 354 g/mol. The lowest BCUT2D eigenvalue weighted by molar-refractivity contribution is -0.137. The molecule has 110 valence electrons. The number of nitrogens with zero attached hydrogens (tertiary/aromatic N) is 1. The van der Waals surface area contributed by atoms with E-state index >= 15 is 0 Å². The van der Waals surface area contributed by atoms with Crippen molar-refractivity contribution in [2.24, 2.45) is 0 Å². The molecule has 0 aliphatic carbocycles. The van der Waals surface area contributed by atoms with Crippen molar-refractivity contribution < 1.29 is 27.9 Å². The number of carbonyl (C=O) groups excluding carboxylic acids is 1. The highest BCUT2D eigenvalue weighted by atomic mass is 79.9. The van der Waals surface area contributed by atoms with E-state index in [1.54, 1.807) is 0 Å². The lowest BCUT2D eigenvalue weighted by Gasteiger charge is -2.16. The Morgan fingerprint density at radius 2 is 2.00 bits per heavy atom. The van der Waals surface area contributed by atoms with Gasteiger partial charge < -0.3 is 9.84 Å². The van der Waals surface area contributed by atoms with Gasteiger partial charge in [0.15, 0.2) is 0 Å². The van der Waals surface area contributed by atoms with E-state index < -0.39 is 28.5 Å². The molecule has 0 unspecified atom stereocenters. The lowest BCUT2D eigenvalue weighted by atomic mass is 10.2. The number of sulfonamides is 1. The molecule has 0 radical (unpaired) electrons. The average Bonchev–Trinajstić information content (AvgIpc) is 2.36. The molecule has 7 nitrogen and oxygen atoms in total. The number of hydrogen-bond donors (Lipinski definition) is 1. The Balaban J connectivity index is 3.20. The normalized spacial score (nSPS) is 11.4. The minimum Gasteiger partial charge on any atom is -0.480 e. The summed E-state index contributed by atoms with van der Waals surface area (Å²) in [5.74, 6) is -1.87. The SMILES string of the molecule is COC(=O)c1ccc(S(=O)(=O)N(C)CC(=O)O)c(Br)c1. The van der Waals surface area contributed by atoms with Gasteiger partial charge in [0.2, 0.25) is 10.0 Å². The molecule has 0 saturated carbocycles. The summed E-state index contributed by atoms with van der Waals surface area (Å²) in [5, 5.41) is 8.63. The van der Waals surface area contributed by atoms with Crippen LogP contribution in [-0.4, -0.2) is 50.5 Å². The van der Waals surface area contributed by atoms with E-state index in [0.717, 1.165) is 7.05 Å². The summed E-state index contributed by atoms with van der Waals surface area (Å²) in [7, 11) is -1.59. The molecule has 1 aromatic carbocycles. The van der Waals surface area contributed by atoms with Crippen LogP contribution in [0.1, 0.15) is 10.4 Å². The fourth-order valence-corrected chi connectivity index (χ4v) is 3.55. The third kappa shape index (κ3) is 3.56. The predicted octanol–water partition coefficient (Wildman–Crippen LogP) is 0.941. The Labute approximate surface area is 124 Å². The highest BCUT2D eigenvalue weighted by Gasteiger charge is 2.25. The Bertz CT molecular complexity index is 642. The van der Waals surface area contributed by atoms with Gasteiger partial charge in [-0.3, -0.25) is 4.79 Å². The zero-order valence-electron chi connectivity index (χ0n) is 10.7. The average molecular weight is 366 g/mol. The summed E-state index contributed by atoms with van der Waals surface area (Å²) in [6.07, 6.45) is 0. The minimum atomic E-state index is -3.96. The first-order valence-corrected chi connectivity index (χ1v) is 7.49. The van der Waals surface area contributed by atoms with Crippen molar-refractivity contribution in [1.29, 1.82) is 0 Å². The van der Waals surface area contributed by atoms with Gasteiger partial charge >= 0.3 is 11.9 Å². The number of ether oxygens (including phenoxy) is 1. The molecule has 9 heteroatoms. The third-order valence-electron chi connectivity index (χ3n) is 2.40. The van der Waals surface area contributed by atoms with Crippen molar-refractivity contribution in [1.82, 2.24) is 4.31 Å². The van der Waals surface area contributed by atoms with E-state index in [1.165, 1.54) is 25.3 Å². The van der Waals surface area contributed by atoms with Gasteiger partial charge in [-0.25, -0.2) is 13.2 Å². The number of carbonyl (C=O) groups is 2. The number of benzene rings is 1. The van der Waals surface area contributed by atoms with Crippen molar-refractivity contribution in [3.8, 4) is 0 Å². The molecule has 20 heavy (non-hydrogen) atoms. The number of halogens is 1. The van der Waals surface area contributed by atoms with E-state index in [0.29, 0.717) is 4.31 Å². The summed E-state index contributed by atoms with van der Waals surface area (Å²) >= 11 is 3.05. The smallest absolute Gasteiger partial charge is 0.337 e. The second-order valence-corrected chi connectivity index (χ2v) is 6.66. The number of carboxylic acids is 1. The quantitative estimate of drug-likeness (QED) is 0.779. The van der Waals surface area contributed by atoms with Crippen LogP contribution in [0.15, 0.2) is 27.6 Å². The van der Waals surface area contributed by atoms with Crippen LogP contribution < -0.4 is 0 Å². The first-order chi connectivity index (χ1) is 9.20. The van der Waals surface area contributed by atoms with E-state index in [1.807, 2.05) is 0 Å². The van der Waals surface area contributed by atoms with Gasteiger partial charge in [-0.15, -0.1) is 0 Å². The third-order valence-corrected chi connectivity index (χ3v) is 5.18. The molecule has 0 aliphatic heterocycles. The molecule has 0 saturated heterocycles. The molecule has 0 amide bonds. The number of likely N-dealkylation sites (N-methyl/N-ethyl adjacent to an activating group) is 1. The summed E-state index contributed by atoms with van der Waals surface area (Å²) in [5.41, 5.74) is 0.180. The fourth-order valence-electron chi connectivity index (χ4n) is 1.40. The van der Waals surface area contributed by atoms with E-state index in [9.17, 15) is 18.0 Å². The Morgan fingerprint density at radius 1 is 1.40 bits per heavy atom. The molecular formula is C11H12BrNO6S. The Morgan fingerprint density at radius 3 is 2.45 bits per heavy atom. The molecule has 0 spiro atoms. The van der Waals surface area contributed by atoms with E-state index in [-0.39, 0.29) is 14.9 Å². The fraction of sp³-hybridized carbons (Fsp3) is 0.273. The number of aliphatic carboxylic acids is 1. The number of methoxy groups -OCH3 is 1. The van der Waals surface area contributed by atoms with E-state index in [2.05, 4.69) is 20.7 Å². The van der Waals surface area contributed by atoms with Crippen LogP contribution in [-0.2, 0) is 19.6 Å². The van der Waals surface area contributed by atoms with Gasteiger partial charge in [0.25, 0.3) is 0 Å². The largest absolute Gasteiger partial charge is 0.480 e. The first kappa shape index (κ1) is 16.6. The number of esters is 1. The second kappa shape index (κ2) is 6.33. The first-order valence-electron chi connectivity index (χ1n) is 5.26. The van der Waals surface area contributed by atoms with Crippen molar-refractivity contribution in [3.63, 3.8) is 0 Å². The number of carboxylic acid groups (broad SMARTS) is 1. The maximum absolute atomic E-state index is 12.2. The second-order valence-electron chi connectivity index (χ2n) is 3.79. The molecule has 1 N–H and O–H groups in total. The summed E-state index contributed by atoms with van der Waals surface area (Å²) < 4.78 is 29.7. The maximum atomic E-state index is 12.2. The molecule has 0 aliphatic rings. The van der Waals surface area contributed by atoms with Crippen LogP contribution in [0, 0.1) is 0 Å². The van der Waals surface area contributed by atoms with Crippen molar-refractivity contribution in [2.75, 3.05) is 20.7 Å². The molecule has 1 rings (SSSR count). The van der Waals surface area contributed by atoms with Crippen molar-refractivity contribution in [2.45, 2.75) is 4.90 Å². The monoisotopic (exact) mass is 365 g/mol. The van der Waals surface area contributed by atoms with Gasteiger partial charge in [-0.2, -0.15) is 4.31 Å². The summed E-state index contributed by atoms with van der Waals surface area (Å²) in [4.78, 5) is 21.8. The highest BCUT2D eigenvalue weighted by molar-refractivity contribution is 9.10. The van der Waals surface area contributed by atoms with Crippen LogP contribution >= 0.6 is 15.9 Å². The lowest BCUT2D eigenvalue weighted by Crippen LogP contribution is -2.32. The molecule has 0 atom stereocenters. The predicted molar refractivity (Wildman–Crippen MR) is 72.9 cm³/mol. The van der Waals surface area contributed by atoms with Crippen LogP contribution in [0.2, 0.25) is 0 Å². The topological polar surface area (TPSA) is 101 Å². The summed E-state index contributed by atoms with van der Waals surface area (Å²) in [6.45, 7) is -0.659. The van der Waals surface area contributed by atoms with Crippen LogP contribution in [0.3, 0.4) is 0 Å². The molecule has 1 aromatic rings. The Hall–Kier alpha value is -1.45. The molecule has 0 heterocycles. The maximum Gasteiger partial charge on any atom is 0.337 e. The number of rotatable bonds is 5. The van der Waals surface area contributed by atoms with Crippen LogP contribution in [0.4, 0.5) is 0 Å². The zero-order chi connectivity index (χ0) is 15.5. The van der Waals surface area contributed by atoms with Crippen molar-refractivity contribution >= 4 is 37.9 Å². The van der Waals surface area contributed by atoms with Gasteiger partial charge in [0.05, 0.1) is 17.6 Å². The standard InChI is InChI=1S/C11H12BrNO6S/c1-13(6-10(14)15)20(17,18)9-4-3-7(5-8(9)12)11(16)19-2/h3-5H,6H2,1-2H3,(H,14,15). The minimum absolute atomic E-state index is 0.131.